The van der Waals surface area contributed by atoms with E-state index in [-0.39, 0.29) is 0 Å². The molecule has 0 aliphatic carbocycles. The summed E-state index contributed by atoms with van der Waals surface area (Å²) in [6.07, 6.45) is 0.996. The Morgan fingerprint density at radius 1 is 1.29 bits per heavy atom. The zero-order chi connectivity index (χ0) is 17.3. The van der Waals surface area contributed by atoms with Crippen LogP contribution in [-0.4, -0.2) is 28.4 Å². The molecule has 0 spiro atoms. The van der Waals surface area contributed by atoms with E-state index in [1.807, 2.05) is 20.0 Å². The van der Waals surface area contributed by atoms with Gasteiger partial charge in [-0.25, -0.2) is 0 Å². The number of nitrogens with zero attached hydrogens (tertiary/aromatic N) is 2. The van der Waals surface area contributed by atoms with Crippen LogP contribution in [0.4, 0.5) is 0 Å². The number of methoxy groups -OCH3 is 1. The lowest BCUT2D eigenvalue weighted by Gasteiger charge is -2.04. The predicted molar refractivity (Wildman–Crippen MR) is 96.7 cm³/mol. The summed E-state index contributed by atoms with van der Waals surface area (Å²) in [5.41, 5.74) is 5.87. The van der Waals surface area contributed by atoms with E-state index in [4.69, 9.17) is 16.3 Å². The van der Waals surface area contributed by atoms with E-state index in [1.54, 1.807) is 11.8 Å². The Morgan fingerprint density at radius 3 is 2.75 bits per heavy atom. The van der Waals surface area contributed by atoms with Gasteiger partial charge >= 0.3 is 0 Å². The molecule has 128 valence electrons. The number of rotatable bonds is 6. The zero-order valence-corrected chi connectivity index (χ0v) is 15.4. The minimum Gasteiger partial charge on any atom is -0.497 e. The number of aromatic nitrogens is 3. The molecular weight excluding hydrogens is 324 g/mol. The van der Waals surface area contributed by atoms with Crippen molar-refractivity contribution in [1.29, 1.82) is 0 Å². The molecule has 0 unspecified atom stereocenters. The Labute approximate surface area is 147 Å². The SMILES string of the molecule is COc1ccc2[nH]c(C)c(CC[NH2+]Cc3c(C)nn(C)c3Cl)c2c1. The van der Waals surface area contributed by atoms with Gasteiger partial charge in [-0.3, -0.25) is 4.68 Å². The fraction of sp³-hybridized carbons (Fsp3) is 0.389. The largest absolute Gasteiger partial charge is 0.497 e. The lowest BCUT2D eigenvalue weighted by molar-refractivity contribution is -0.670. The highest BCUT2D eigenvalue weighted by atomic mass is 35.5. The van der Waals surface area contributed by atoms with E-state index < -0.39 is 0 Å². The zero-order valence-electron chi connectivity index (χ0n) is 14.6. The van der Waals surface area contributed by atoms with E-state index in [2.05, 4.69) is 34.5 Å². The van der Waals surface area contributed by atoms with Gasteiger partial charge in [0.05, 0.1) is 24.9 Å². The maximum absolute atomic E-state index is 6.29. The van der Waals surface area contributed by atoms with Crippen LogP contribution in [0.25, 0.3) is 10.9 Å². The van der Waals surface area contributed by atoms with Crippen LogP contribution in [0.1, 0.15) is 22.5 Å². The Bertz CT molecular complexity index is 866. The number of benzene rings is 1. The molecule has 3 rings (SSSR count). The summed E-state index contributed by atoms with van der Waals surface area (Å²) in [6, 6.07) is 6.17. The molecular formula is C18H24ClN4O+. The van der Waals surface area contributed by atoms with E-state index in [9.17, 15) is 0 Å². The molecule has 2 heterocycles. The van der Waals surface area contributed by atoms with Crippen molar-refractivity contribution in [2.24, 2.45) is 7.05 Å². The van der Waals surface area contributed by atoms with Crippen molar-refractivity contribution in [3.63, 3.8) is 0 Å². The summed E-state index contributed by atoms with van der Waals surface area (Å²) >= 11 is 6.29. The molecule has 0 atom stereocenters. The van der Waals surface area contributed by atoms with Gasteiger partial charge in [-0.15, -0.1) is 0 Å². The molecule has 0 saturated heterocycles. The first-order valence-electron chi connectivity index (χ1n) is 8.16. The molecule has 1 aromatic carbocycles. The van der Waals surface area contributed by atoms with Crippen LogP contribution < -0.4 is 10.1 Å². The summed E-state index contributed by atoms with van der Waals surface area (Å²) in [7, 11) is 3.58. The van der Waals surface area contributed by atoms with Crippen LogP contribution in [0.15, 0.2) is 18.2 Å². The van der Waals surface area contributed by atoms with Gasteiger partial charge in [0, 0.05) is 30.1 Å². The molecule has 0 saturated carbocycles. The lowest BCUT2D eigenvalue weighted by Crippen LogP contribution is -2.83. The third-order valence-corrected chi connectivity index (χ3v) is 5.02. The lowest BCUT2D eigenvalue weighted by atomic mass is 10.1. The smallest absolute Gasteiger partial charge is 0.135 e. The van der Waals surface area contributed by atoms with E-state index in [0.29, 0.717) is 0 Å². The Balaban J connectivity index is 1.68. The second-order valence-electron chi connectivity index (χ2n) is 6.15. The molecule has 3 aromatic rings. The van der Waals surface area contributed by atoms with Crippen molar-refractivity contribution >= 4 is 22.5 Å². The quantitative estimate of drug-likeness (QED) is 0.673. The summed E-state index contributed by atoms with van der Waals surface area (Å²) in [4.78, 5) is 3.45. The average molecular weight is 348 g/mol. The van der Waals surface area contributed by atoms with Crippen LogP contribution in [-0.2, 0) is 20.0 Å². The van der Waals surface area contributed by atoms with Gasteiger partial charge < -0.3 is 15.0 Å². The summed E-state index contributed by atoms with van der Waals surface area (Å²) in [6.45, 7) is 5.98. The fourth-order valence-electron chi connectivity index (χ4n) is 3.21. The van der Waals surface area contributed by atoms with Crippen LogP contribution >= 0.6 is 11.6 Å². The Kier molecular flexibility index (Phi) is 4.83. The third kappa shape index (κ3) is 3.14. The number of halogens is 1. The van der Waals surface area contributed by atoms with Crippen LogP contribution in [0.3, 0.4) is 0 Å². The monoisotopic (exact) mass is 347 g/mol. The highest BCUT2D eigenvalue weighted by molar-refractivity contribution is 6.30. The predicted octanol–water partition coefficient (Wildman–Crippen LogP) is 2.49. The fourth-order valence-corrected chi connectivity index (χ4v) is 3.46. The summed E-state index contributed by atoms with van der Waals surface area (Å²) in [5.74, 6) is 0.893. The van der Waals surface area contributed by atoms with Gasteiger partial charge in [0.15, 0.2) is 0 Å². The second-order valence-corrected chi connectivity index (χ2v) is 6.51. The Hall–Kier alpha value is -1.98. The van der Waals surface area contributed by atoms with Gasteiger partial charge in [0.2, 0.25) is 0 Å². The second kappa shape index (κ2) is 6.87. The van der Waals surface area contributed by atoms with E-state index in [0.717, 1.165) is 47.2 Å². The number of aromatic amines is 1. The van der Waals surface area contributed by atoms with Crippen LogP contribution in [0.2, 0.25) is 5.15 Å². The topological polar surface area (TPSA) is 59.4 Å². The molecule has 0 amide bonds. The molecule has 0 aliphatic heterocycles. The molecule has 0 bridgehead atoms. The average Bonchev–Trinajstić information content (AvgIpc) is 3.00. The van der Waals surface area contributed by atoms with E-state index >= 15 is 0 Å². The first-order valence-corrected chi connectivity index (χ1v) is 8.54. The van der Waals surface area contributed by atoms with Gasteiger partial charge in [0.1, 0.15) is 17.4 Å². The van der Waals surface area contributed by atoms with Crippen LogP contribution in [0, 0.1) is 13.8 Å². The molecule has 5 nitrogen and oxygen atoms in total. The molecule has 3 N–H and O–H groups in total. The number of nitrogens with one attached hydrogen (secondary N) is 1. The van der Waals surface area contributed by atoms with Gasteiger partial charge in [-0.05, 0) is 37.6 Å². The minimum absolute atomic E-state index is 0.733. The minimum atomic E-state index is 0.733. The highest BCUT2D eigenvalue weighted by Crippen LogP contribution is 2.26. The van der Waals surface area contributed by atoms with Crippen molar-refractivity contribution in [3.05, 3.63) is 45.9 Å². The third-order valence-electron chi connectivity index (χ3n) is 4.54. The van der Waals surface area contributed by atoms with Gasteiger partial charge in [-0.2, -0.15) is 5.10 Å². The first kappa shape index (κ1) is 16.9. The number of nitrogens with two attached hydrogens (primary N) is 1. The van der Waals surface area contributed by atoms with Crippen molar-refractivity contribution in [2.45, 2.75) is 26.8 Å². The Morgan fingerprint density at radius 2 is 2.08 bits per heavy atom. The molecule has 2 aromatic heterocycles. The summed E-state index contributed by atoms with van der Waals surface area (Å²) < 4.78 is 7.09. The van der Waals surface area contributed by atoms with Gasteiger partial charge in [0.25, 0.3) is 0 Å². The van der Waals surface area contributed by atoms with E-state index in [1.165, 1.54) is 16.6 Å². The molecule has 6 heteroatoms. The van der Waals surface area contributed by atoms with Gasteiger partial charge in [-0.1, -0.05) is 11.6 Å². The van der Waals surface area contributed by atoms with Crippen molar-refractivity contribution in [3.8, 4) is 5.75 Å². The van der Waals surface area contributed by atoms with Crippen molar-refractivity contribution in [1.82, 2.24) is 14.8 Å². The molecule has 0 radical (unpaired) electrons. The maximum Gasteiger partial charge on any atom is 0.135 e. The maximum atomic E-state index is 6.29. The van der Waals surface area contributed by atoms with Crippen LogP contribution in [0.5, 0.6) is 5.75 Å². The summed E-state index contributed by atoms with van der Waals surface area (Å²) in [5, 5.41) is 8.62. The normalized spacial score (nSPS) is 11.4. The van der Waals surface area contributed by atoms with Crippen molar-refractivity contribution in [2.75, 3.05) is 13.7 Å². The molecule has 0 fully saturated rings. The standard InChI is InChI=1S/C18H23ClN4O/c1-11-14(15-9-13(24-4)5-6-17(15)21-11)7-8-20-10-16-12(2)22-23(3)18(16)19/h5-6,9,20-21H,7-8,10H2,1-4H3/p+1. The molecule has 24 heavy (non-hydrogen) atoms. The molecule has 0 aliphatic rings. The van der Waals surface area contributed by atoms with Crippen molar-refractivity contribution < 1.29 is 10.1 Å². The highest BCUT2D eigenvalue weighted by Gasteiger charge is 2.14. The number of hydrogen-bond acceptors (Lipinski definition) is 2. The number of fused-ring (bicyclic) bond motifs is 1. The number of ether oxygens (including phenoxy) is 1. The first-order chi connectivity index (χ1) is 11.5. The number of aryl methyl sites for hydroxylation is 3. The number of hydrogen-bond donors (Lipinski definition) is 2. The number of H-pyrrole nitrogens is 1. The number of quaternary nitrogens is 1.